The van der Waals surface area contributed by atoms with Gasteiger partial charge in [-0.2, -0.15) is 0 Å². The molecule has 1 N–H and O–H groups in total. The average Bonchev–Trinajstić information content (AvgIpc) is 2.55. The highest BCUT2D eigenvalue weighted by atomic mass is 35.5. The molecule has 4 nitrogen and oxygen atoms in total. The highest BCUT2D eigenvalue weighted by molar-refractivity contribution is 6.33. The maximum absolute atomic E-state index is 11.8. The predicted octanol–water partition coefficient (Wildman–Crippen LogP) is 4.50. The van der Waals surface area contributed by atoms with E-state index in [1.807, 2.05) is 13.0 Å². The van der Waals surface area contributed by atoms with Crippen LogP contribution in [0.3, 0.4) is 0 Å². The van der Waals surface area contributed by atoms with Gasteiger partial charge in [-0.3, -0.25) is 4.79 Å². The quantitative estimate of drug-likeness (QED) is 0.628. The third kappa shape index (κ3) is 5.41. The molecule has 2 aromatic carbocycles. The first-order chi connectivity index (χ1) is 11.5. The number of aryl methyl sites for hydroxylation is 1. The molecule has 0 fully saturated rings. The third-order valence-electron chi connectivity index (χ3n) is 3.05. The van der Waals surface area contributed by atoms with E-state index >= 15 is 0 Å². The summed E-state index contributed by atoms with van der Waals surface area (Å²) in [4.78, 5) is 23.4. The minimum Gasteiger partial charge on any atom is -0.452 e. The zero-order valence-electron chi connectivity index (χ0n) is 12.9. The molecule has 0 bridgehead atoms. The lowest BCUT2D eigenvalue weighted by Crippen LogP contribution is -2.20. The highest BCUT2D eigenvalue weighted by Crippen LogP contribution is 2.22. The van der Waals surface area contributed by atoms with Gasteiger partial charge in [0.05, 0.1) is 10.7 Å². The molecular formula is C18H15Cl2NO3. The van der Waals surface area contributed by atoms with Gasteiger partial charge in [0.25, 0.3) is 5.91 Å². The van der Waals surface area contributed by atoms with Crippen molar-refractivity contribution in [3.63, 3.8) is 0 Å². The molecule has 2 aromatic rings. The van der Waals surface area contributed by atoms with Gasteiger partial charge < -0.3 is 10.1 Å². The Kier molecular flexibility index (Phi) is 6.41. The van der Waals surface area contributed by atoms with Crippen molar-refractivity contribution in [3.05, 3.63) is 69.7 Å². The molecule has 24 heavy (non-hydrogen) atoms. The van der Waals surface area contributed by atoms with Crippen LogP contribution in [0.25, 0.3) is 6.08 Å². The van der Waals surface area contributed by atoms with Crippen LogP contribution in [0.15, 0.2) is 48.5 Å². The SMILES string of the molecule is Cc1ccc(NC(=O)COC(=O)/C=C/c2ccccc2Cl)c(Cl)c1. The molecule has 0 aromatic heterocycles. The first-order valence-corrected chi connectivity index (χ1v) is 7.86. The number of hydrogen-bond acceptors (Lipinski definition) is 3. The van der Waals surface area contributed by atoms with Crippen molar-refractivity contribution in [3.8, 4) is 0 Å². The Labute approximate surface area is 150 Å². The number of amides is 1. The maximum Gasteiger partial charge on any atom is 0.331 e. The fraction of sp³-hybridized carbons (Fsp3) is 0.111. The van der Waals surface area contributed by atoms with Gasteiger partial charge in [0, 0.05) is 11.1 Å². The molecule has 0 atom stereocenters. The second kappa shape index (κ2) is 8.52. The second-order valence-electron chi connectivity index (χ2n) is 4.99. The fourth-order valence-electron chi connectivity index (χ4n) is 1.86. The van der Waals surface area contributed by atoms with Crippen molar-refractivity contribution < 1.29 is 14.3 Å². The molecule has 0 aliphatic rings. The van der Waals surface area contributed by atoms with Crippen LogP contribution in [0, 0.1) is 6.92 Å². The van der Waals surface area contributed by atoms with Gasteiger partial charge in [-0.25, -0.2) is 4.79 Å². The number of esters is 1. The van der Waals surface area contributed by atoms with Crippen molar-refractivity contribution in [2.24, 2.45) is 0 Å². The number of hydrogen-bond donors (Lipinski definition) is 1. The Balaban J connectivity index is 1.85. The normalized spacial score (nSPS) is 10.6. The van der Waals surface area contributed by atoms with Crippen molar-refractivity contribution >= 4 is 46.8 Å². The standard InChI is InChI=1S/C18H15Cl2NO3/c1-12-6-8-16(15(20)10-12)21-17(22)11-24-18(23)9-7-13-4-2-3-5-14(13)19/h2-10H,11H2,1H3,(H,21,22)/b9-7+. The van der Waals surface area contributed by atoms with E-state index < -0.39 is 18.5 Å². The Morgan fingerprint density at radius 1 is 1.12 bits per heavy atom. The van der Waals surface area contributed by atoms with Gasteiger partial charge >= 0.3 is 5.97 Å². The van der Waals surface area contributed by atoms with E-state index in [4.69, 9.17) is 27.9 Å². The molecule has 0 saturated carbocycles. The van der Waals surface area contributed by atoms with Crippen LogP contribution in [0.4, 0.5) is 5.69 Å². The topological polar surface area (TPSA) is 55.4 Å². The first-order valence-electron chi connectivity index (χ1n) is 7.11. The van der Waals surface area contributed by atoms with Gasteiger partial charge in [-0.05, 0) is 42.3 Å². The zero-order chi connectivity index (χ0) is 17.5. The van der Waals surface area contributed by atoms with Crippen molar-refractivity contribution in [2.45, 2.75) is 6.92 Å². The molecule has 1 amide bonds. The van der Waals surface area contributed by atoms with Crippen LogP contribution < -0.4 is 5.32 Å². The van der Waals surface area contributed by atoms with E-state index in [-0.39, 0.29) is 0 Å². The van der Waals surface area contributed by atoms with Crippen LogP contribution in [0.5, 0.6) is 0 Å². The molecule has 0 aliphatic heterocycles. The Morgan fingerprint density at radius 3 is 2.58 bits per heavy atom. The van der Waals surface area contributed by atoms with Gasteiger partial charge in [-0.15, -0.1) is 0 Å². The summed E-state index contributed by atoms with van der Waals surface area (Å²) >= 11 is 12.0. The van der Waals surface area contributed by atoms with Gasteiger partial charge in [0.2, 0.25) is 0 Å². The minimum absolute atomic E-state index is 0.407. The summed E-state index contributed by atoms with van der Waals surface area (Å²) in [6, 6.07) is 12.3. The van der Waals surface area contributed by atoms with E-state index in [1.54, 1.807) is 36.4 Å². The Morgan fingerprint density at radius 2 is 1.88 bits per heavy atom. The summed E-state index contributed by atoms with van der Waals surface area (Å²) < 4.78 is 4.88. The van der Waals surface area contributed by atoms with Gasteiger partial charge in [0.1, 0.15) is 0 Å². The molecule has 2 rings (SSSR count). The van der Waals surface area contributed by atoms with Crippen molar-refractivity contribution in [2.75, 3.05) is 11.9 Å². The summed E-state index contributed by atoms with van der Waals surface area (Å²) in [5, 5.41) is 3.53. The monoisotopic (exact) mass is 363 g/mol. The zero-order valence-corrected chi connectivity index (χ0v) is 14.4. The van der Waals surface area contributed by atoms with Crippen LogP contribution in [0.1, 0.15) is 11.1 Å². The minimum atomic E-state index is -0.639. The number of carbonyl (C=O) groups excluding carboxylic acids is 2. The number of ether oxygens (including phenoxy) is 1. The van der Waals surface area contributed by atoms with Gasteiger partial charge in [0.15, 0.2) is 6.61 Å². The predicted molar refractivity (Wildman–Crippen MR) is 96.3 cm³/mol. The maximum atomic E-state index is 11.8. The number of nitrogens with one attached hydrogen (secondary N) is 1. The number of halogens is 2. The summed E-state index contributed by atoms with van der Waals surface area (Å²) in [5.74, 6) is -1.11. The highest BCUT2D eigenvalue weighted by Gasteiger charge is 2.08. The molecule has 0 aliphatic carbocycles. The molecular weight excluding hydrogens is 349 g/mol. The molecule has 0 radical (unpaired) electrons. The van der Waals surface area contributed by atoms with E-state index in [9.17, 15) is 9.59 Å². The molecule has 124 valence electrons. The lowest BCUT2D eigenvalue weighted by Gasteiger charge is -2.07. The second-order valence-corrected chi connectivity index (χ2v) is 5.81. The molecule has 0 saturated heterocycles. The van der Waals surface area contributed by atoms with E-state index in [0.29, 0.717) is 21.3 Å². The lowest BCUT2D eigenvalue weighted by molar-refractivity contribution is -0.142. The number of anilines is 1. The van der Waals surface area contributed by atoms with Crippen molar-refractivity contribution in [1.29, 1.82) is 0 Å². The van der Waals surface area contributed by atoms with E-state index in [2.05, 4.69) is 5.32 Å². The third-order valence-corrected chi connectivity index (χ3v) is 3.71. The molecule has 6 heteroatoms. The van der Waals surface area contributed by atoms with Gasteiger partial charge in [-0.1, -0.05) is 47.5 Å². The van der Waals surface area contributed by atoms with E-state index in [0.717, 1.165) is 5.56 Å². The Hall–Kier alpha value is -2.30. The van der Waals surface area contributed by atoms with Crippen molar-refractivity contribution in [1.82, 2.24) is 0 Å². The smallest absolute Gasteiger partial charge is 0.331 e. The summed E-state index contributed by atoms with van der Waals surface area (Å²) in [6.45, 7) is 1.49. The Bertz CT molecular complexity index is 788. The molecule has 0 heterocycles. The van der Waals surface area contributed by atoms with E-state index in [1.165, 1.54) is 12.2 Å². The number of benzene rings is 2. The lowest BCUT2D eigenvalue weighted by atomic mass is 10.2. The fourth-order valence-corrected chi connectivity index (χ4v) is 2.34. The van der Waals surface area contributed by atoms with Crippen LogP contribution in [-0.4, -0.2) is 18.5 Å². The number of carbonyl (C=O) groups is 2. The largest absolute Gasteiger partial charge is 0.452 e. The summed E-state index contributed by atoms with van der Waals surface area (Å²) in [5.41, 5.74) is 2.14. The van der Waals surface area contributed by atoms with Crippen LogP contribution in [-0.2, 0) is 14.3 Å². The average molecular weight is 364 g/mol. The molecule has 0 spiro atoms. The first kappa shape index (κ1) is 18.0. The van der Waals surface area contributed by atoms with Crippen LogP contribution in [0.2, 0.25) is 10.0 Å². The number of rotatable bonds is 5. The van der Waals surface area contributed by atoms with Crippen LogP contribution >= 0.6 is 23.2 Å². The summed E-state index contributed by atoms with van der Waals surface area (Å²) in [6.07, 6.45) is 2.74. The molecule has 0 unspecified atom stereocenters. The summed E-state index contributed by atoms with van der Waals surface area (Å²) in [7, 11) is 0.